The van der Waals surface area contributed by atoms with Crippen LogP contribution in [0.5, 0.6) is 0 Å². The minimum absolute atomic E-state index is 0.0171. The first-order valence-electron chi connectivity index (χ1n) is 10.9. The number of thioether (sulfide) groups is 1. The van der Waals surface area contributed by atoms with E-state index in [0.29, 0.717) is 12.3 Å². The number of hydrogen-bond donors (Lipinski definition) is 1. The average Bonchev–Trinajstić information content (AvgIpc) is 3.51. The summed E-state index contributed by atoms with van der Waals surface area (Å²) in [6, 6.07) is 18.9. The van der Waals surface area contributed by atoms with Crippen LogP contribution in [-0.2, 0) is 11.2 Å². The largest absolute Gasteiger partial charge is 0.353 e. The van der Waals surface area contributed by atoms with Crippen LogP contribution in [0.15, 0.2) is 66.1 Å². The highest BCUT2D eigenvalue weighted by Gasteiger charge is 2.24. The lowest BCUT2D eigenvalue weighted by atomic mass is 10.1. The number of nitrogens with zero attached hydrogens (tertiary/aromatic N) is 4. The summed E-state index contributed by atoms with van der Waals surface area (Å²) in [7, 11) is 0. The smallest absolute Gasteiger partial charge is 0.230 e. The molecule has 162 valence electrons. The van der Waals surface area contributed by atoms with Crippen LogP contribution in [0.3, 0.4) is 0 Å². The van der Waals surface area contributed by atoms with Crippen molar-refractivity contribution in [3.8, 4) is 5.69 Å². The zero-order valence-electron chi connectivity index (χ0n) is 17.9. The molecule has 31 heavy (non-hydrogen) atoms. The molecule has 4 rings (SSSR count). The lowest BCUT2D eigenvalue weighted by Gasteiger charge is -2.28. The maximum Gasteiger partial charge on any atom is 0.230 e. The molecule has 1 aliphatic rings. The molecule has 1 amide bonds. The van der Waals surface area contributed by atoms with Crippen molar-refractivity contribution in [1.29, 1.82) is 0 Å². The summed E-state index contributed by atoms with van der Waals surface area (Å²) < 4.78 is 1.97. The van der Waals surface area contributed by atoms with Crippen LogP contribution in [0, 0.1) is 0 Å². The van der Waals surface area contributed by atoms with Gasteiger partial charge in [0.05, 0.1) is 17.5 Å². The molecule has 0 spiro atoms. The highest BCUT2D eigenvalue weighted by molar-refractivity contribution is 7.99. The van der Waals surface area contributed by atoms with Gasteiger partial charge in [-0.1, -0.05) is 67.2 Å². The third-order valence-electron chi connectivity index (χ3n) is 5.74. The van der Waals surface area contributed by atoms with Crippen LogP contribution >= 0.6 is 11.8 Å². The molecule has 0 radical (unpaired) electrons. The Bertz CT molecular complexity index is 984. The third kappa shape index (κ3) is 5.35. The van der Waals surface area contributed by atoms with Gasteiger partial charge in [0.25, 0.3) is 0 Å². The highest BCUT2D eigenvalue weighted by atomic mass is 32.2. The van der Waals surface area contributed by atoms with Crippen LogP contribution in [0.4, 0.5) is 0 Å². The van der Waals surface area contributed by atoms with Crippen molar-refractivity contribution >= 4 is 17.7 Å². The molecule has 0 saturated carbocycles. The molecule has 1 N–H and O–H groups in total. The summed E-state index contributed by atoms with van der Waals surface area (Å²) in [5, 5.41) is 12.2. The standard InChI is InChI=1S/C24H29N5OS/c1-2-19-10-6-7-13-21(19)29-18-26-27-24(29)31-17-23(30)25-16-22(28-14-8-9-15-28)20-11-4-3-5-12-20/h3-7,10-13,18,22H,2,8-9,14-17H2,1H3,(H,25,30). The van der Waals surface area contributed by atoms with Crippen molar-refractivity contribution in [2.24, 2.45) is 0 Å². The van der Waals surface area contributed by atoms with Gasteiger partial charge in [0.15, 0.2) is 5.16 Å². The lowest BCUT2D eigenvalue weighted by molar-refractivity contribution is -0.118. The van der Waals surface area contributed by atoms with Crippen molar-refractivity contribution in [2.75, 3.05) is 25.4 Å². The average molecular weight is 436 g/mol. The van der Waals surface area contributed by atoms with Crippen molar-refractivity contribution in [1.82, 2.24) is 25.0 Å². The maximum absolute atomic E-state index is 12.7. The number of aryl methyl sites for hydroxylation is 1. The van der Waals surface area contributed by atoms with Gasteiger partial charge in [0.2, 0.25) is 5.91 Å². The molecule has 0 bridgehead atoms. The fourth-order valence-electron chi connectivity index (χ4n) is 4.11. The Morgan fingerprint density at radius 2 is 1.84 bits per heavy atom. The van der Waals surface area contributed by atoms with Crippen LogP contribution < -0.4 is 5.32 Å². The molecule has 1 atom stereocenters. The molecule has 1 unspecified atom stereocenters. The highest BCUT2D eigenvalue weighted by Crippen LogP contribution is 2.25. The van der Waals surface area contributed by atoms with E-state index in [9.17, 15) is 4.79 Å². The van der Waals surface area contributed by atoms with Crippen molar-refractivity contribution in [3.63, 3.8) is 0 Å². The number of carbonyl (C=O) groups excluding carboxylic acids is 1. The Hall–Kier alpha value is -2.64. The van der Waals surface area contributed by atoms with Gasteiger partial charge in [0, 0.05) is 6.54 Å². The fraction of sp³-hybridized carbons (Fsp3) is 0.375. The second kappa shape index (κ2) is 10.6. The van der Waals surface area contributed by atoms with Crippen molar-refractivity contribution in [2.45, 2.75) is 37.4 Å². The molecule has 1 aromatic heterocycles. The van der Waals surface area contributed by atoms with Gasteiger partial charge in [0.1, 0.15) is 6.33 Å². The lowest BCUT2D eigenvalue weighted by Crippen LogP contribution is -2.37. The summed E-state index contributed by atoms with van der Waals surface area (Å²) in [5.41, 5.74) is 3.55. The fourth-order valence-corrected chi connectivity index (χ4v) is 4.86. The van der Waals surface area contributed by atoms with E-state index in [1.165, 1.54) is 35.7 Å². The predicted octanol–water partition coefficient (Wildman–Crippen LogP) is 3.88. The number of para-hydroxylation sites is 1. The van der Waals surface area contributed by atoms with Crippen LogP contribution in [0.2, 0.25) is 0 Å². The number of amides is 1. The zero-order valence-corrected chi connectivity index (χ0v) is 18.7. The van der Waals surface area contributed by atoms with Gasteiger partial charge in [-0.05, 0) is 49.5 Å². The van der Waals surface area contributed by atoms with Gasteiger partial charge in [-0.15, -0.1) is 10.2 Å². The first-order valence-corrected chi connectivity index (χ1v) is 11.9. The number of benzene rings is 2. The molecule has 1 saturated heterocycles. The second-order valence-corrected chi connectivity index (χ2v) is 8.67. The second-order valence-electron chi connectivity index (χ2n) is 7.73. The number of hydrogen-bond acceptors (Lipinski definition) is 5. The van der Waals surface area contributed by atoms with E-state index in [1.54, 1.807) is 6.33 Å². The van der Waals surface area contributed by atoms with E-state index in [4.69, 9.17) is 0 Å². The molecule has 1 fully saturated rings. The summed E-state index contributed by atoms with van der Waals surface area (Å²) in [6.45, 7) is 4.93. The molecule has 1 aliphatic heterocycles. The number of rotatable bonds is 9. The summed E-state index contributed by atoms with van der Waals surface area (Å²) in [5.74, 6) is 0.331. The van der Waals surface area contributed by atoms with Crippen LogP contribution in [0.25, 0.3) is 5.69 Å². The molecule has 7 heteroatoms. The van der Waals surface area contributed by atoms with Crippen molar-refractivity contribution in [3.05, 3.63) is 72.1 Å². The van der Waals surface area contributed by atoms with Gasteiger partial charge in [-0.25, -0.2) is 0 Å². The van der Waals surface area contributed by atoms with E-state index in [0.717, 1.165) is 30.4 Å². The van der Waals surface area contributed by atoms with Gasteiger partial charge in [-0.3, -0.25) is 14.3 Å². The molecule has 6 nitrogen and oxygen atoms in total. The molecule has 0 aliphatic carbocycles. The molecule has 3 aromatic rings. The molecule has 2 heterocycles. The monoisotopic (exact) mass is 435 g/mol. The normalized spacial score (nSPS) is 15.1. The number of aromatic nitrogens is 3. The van der Waals surface area contributed by atoms with Gasteiger partial charge >= 0.3 is 0 Å². The Kier molecular flexibility index (Phi) is 7.38. The number of carbonyl (C=O) groups is 1. The minimum atomic E-state index is 0.0171. The number of likely N-dealkylation sites (tertiary alicyclic amines) is 1. The number of nitrogens with one attached hydrogen (secondary N) is 1. The molecular weight excluding hydrogens is 406 g/mol. The molecular formula is C24H29N5OS. The van der Waals surface area contributed by atoms with Gasteiger partial charge in [-0.2, -0.15) is 0 Å². The summed E-state index contributed by atoms with van der Waals surface area (Å²) in [6.07, 6.45) is 5.09. The van der Waals surface area contributed by atoms with Gasteiger partial charge < -0.3 is 5.32 Å². The van der Waals surface area contributed by atoms with Crippen LogP contribution in [-0.4, -0.2) is 51.0 Å². The predicted molar refractivity (Wildman–Crippen MR) is 124 cm³/mol. The maximum atomic E-state index is 12.7. The Morgan fingerprint density at radius 3 is 2.61 bits per heavy atom. The van der Waals surface area contributed by atoms with Crippen molar-refractivity contribution < 1.29 is 4.79 Å². The topological polar surface area (TPSA) is 63.1 Å². The SMILES string of the molecule is CCc1ccccc1-n1cnnc1SCC(=O)NCC(c1ccccc1)N1CCCC1. The van der Waals surface area contributed by atoms with Crippen LogP contribution in [0.1, 0.15) is 36.9 Å². The quantitative estimate of drug-likeness (QED) is 0.517. The van der Waals surface area contributed by atoms with E-state index in [-0.39, 0.29) is 11.9 Å². The minimum Gasteiger partial charge on any atom is -0.353 e. The van der Waals surface area contributed by atoms with E-state index >= 15 is 0 Å². The molecule has 2 aromatic carbocycles. The van der Waals surface area contributed by atoms with E-state index in [1.807, 2.05) is 22.8 Å². The Balaban J connectivity index is 1.37. The summed E-state index contributed by atoms with van der Waals surface area (Å²) in [4.78, 5) is 15.1. The zero-order chi connectivity index (χ0) is 21.5. The first-order chi connectivity index (χ1) is 15.3. The Morgan fingerprint density at radius 1 is 1.10 bits per heavy atom. The van der Waals surface area contributed by atoms with E-state index in [2.05, 4.69) is 63.7 Å². The first kappa shape index (κ1) is 21.6. The van der Waals surface area contributed by atoms with E-state index < -0.39 is 0 Å². The summed E-state index contributed by atoms with van der Waals surface area (Å²) >= 11 is 1.42. The third-order valence-corrected chi connectivity index (χ3v) is 6.68. The Labute approximate surface area is 188 Å².